The molecule has 0 aliphatic carbocycles. The van der Waals surface area contributed by atoms with Crippen LogP contribution in [0.2, 0.25) is 0 Å². The van der Waals surface area contributed by atoms with Crippen LogP contribution < -0.4 is 34.4 Å². The summed E-state index contributed by atoms with van der Waals surface area (Å²) in [4.78, 5) is 5.53. The van der Waals surface area contributed by atoms with E-state index in [1.165, 1.54) is 6.21 Å². The summed E-state index contributed by atoms with van der Waals surface area (Å²) in [7, 11) is 0. The maximum absolute atomic E-state index is 11.2. The predicted octanol–water partition coefficient (Wildman–Crippen LogP) is -0.268. The molecule has 0 saturated heterocycles. The Hall–Kier alpha value is -0.0300. The summed E-state index contributed by atoms with van der Waals surface area (Å²) in [6, 6.07) is 5.62. The molecular weight excluding hydrogens is 269 g/mol. The molecule has 0 N–H and O–H groups in total. The van der Waals surface area contributed by atoms with Gasteiger partial charge >= 0.3 is 29.6 Å². The average molecular weight is 280 g/mol. The zero-order valence-electron chi connectivity index (χ0n) is 9.95. The quantitative estimate of drug-likeness (QED) is 0.484. The fourth-order valence-corrected chi connectivity index (χ4v) is 1.90. The molecule has 1 aromatic carbocycles. The van der Waals surface area contributed by atoms with Crippen molar-refractivity contribution >= 4 is 22.1 Å². The van der Waals surface area contributed by atoms with Crippen LogP contribution in [-0.4, -0.2) is 11.1 Å². The van der Waals surface area contributed by atoms with E-state index in [1.807, 2.05) is 26.0 Å². The van der Waals surface area contributed by atoms with Crippen molar-refractivity contribution in [3.63, 3.8) is 0 Å². The molecule has 0 radical (unpaired) electrons. The third-order valence-electron chi connectivity index (χ3n) is 2.25. The molecule has 5 heteroatoms. The van der Waals surface area contributed by atoms with Crippen LogP contribution in [-0.2, 0) is 5.41 Å². The molecule has 0 aromatic heterocycles. The second-order valence-corrected chi connectivity index (χ2v) is 4.78. The number of hydrogen-bond acceptors (Lipinski definition) is 2. The van der Waals surface area contributed by atoms with Crippen molar-refractivity contribution in [3.8, 4) is 5.75 Å². The van der Waals surface area contributed by atoms with Gasteiger partial charge in [-0.2, -0.15) is 0 Å². The van der Waals surface area contributed by atoms with Crippen molar-refractivity contribution in [1.82, 2.24) is 0 Å². The SMILES string of the molecule is CC1(C)C=[N+]([O-])Oc2ccc(Br)cc21.[H-].[Na+]. The van der Waals surface area contributed by atoms with E-state index in [-0.39, 0.29) is 36.4 Å². The van der Waals surface area contributed by atoms with Crippen LogP contribution in [0, 0.1) is 5.21 Å². The van der Waals surface area contributed by atoms with Gasteiger partial charge in [0, 0.05) is 9.37 Å². The summed E-state index contributed by atoms with van der Waals surface area (Å²) in [6.07, 6.45) is 1.52. The first-order valence-electron chi connectivity index (χ1n) is 4.29. The van der Waals surface area contributed by atoms with E-state index in [9.17, 15) is 5.21 Å². The van der Waals surface area contributed by atoms with Crippen LogP contribution in [0.25, 0.3) is 0 Å². The van der Waals surface area contributed by atoms with Crippen LogP contribution in [0.15, 0.2) is 22.7 Å². The number of benzene rings is 1. The molecule has 1 heterocycles. The number of fused-ring (bicyclic) bond motifs is 1. The number of halogens is 1. The molecule has 0 bridgehead atoms. The van der Waals surface area contributed by atoms with Crippen molar-refractivity contribution in [2.45, 2.75) is 19.3 Å². The van der Waals surface area contributed by atoms with Crippen molar-refractivity contribution in [2.24, 2.45) is 0 Å². The molecule has 0 spiro atoms. The molecular formula is C10H11BrNNaO2. The van der Waals surface area contributed by atoms with E-state index in [4.69, 9.17) is 4.84 Å². The molecule has 0 unspecified atom stereocenters. The monoisotopic (exact) mass is 279 g/mol. The Bertz CT molecular complexity index is 423. The first-order chi connectivity index (χ1) is 6.49. The molecule has 0 amide bonds. The molecule has 15 heavy (non-hydrogen) atoms. The average Bonchev–Trinajstić information content (AvgIpc) is 2.05. The predicted molar refractivity (Wildman–Crippen MR) is 58.6 cm³/mol. The third kappa shape index (κ3) is 2.56. The molecule has 2 rings (SSSR count). The minimum absolute atomic E-state index is 0. The van der Waals surface area contributed by atoms with Crippen LogP contribution in [0.1, 0.15) is 20.8 Å². The van der Waals surface area contributed by atoms with Crippen molar-refractivity contribution in [2.75, 3.05) is 0 Å². The molecule has 76 valence electrons. The van der Waals surface area contributed by atoms with Gasteiger partial charge < -0.3 is 6.26 Å². The Morgan fingerprint density at radius 2 is 2.13 bits per heavy atom. The minimum Gasteiger partial charge on any atom is -1.00 e. The van der Waals surface area contributed by atoms with E-state index in [2.05, 4.69) is 15.9 Å². The summed E-state index contributed by atoms with van der Waals surface area (Å²) < 4.78 is 0.987. The second kappa shape index (κ2) is 4.45. The van der Waals surface area contributed by atoms with Crippen LogP contribution in [0.3, 0.4) is 0 Å². The number of rotatable bonds is 0. The van der Waals surface area contributed by atoms with Gasteiger partial charge in [-0.15, -0.1) is 0 Å². The van der Waals surface area contributed by atoms with Gasteiger partial charge in [0.2, 0.25) is 6.21 Å². The molecule has 3 nitrogen and oxygen atoms in total. The molecule has 0 fully saturated rings. The van der Waals surface area contributed by atoms with E-state index >= 15 is 0 Å². The Balaban J connectivity index is 0.00000112. The second-order valence-electron chi connectivity index (χ2n) is 3.87. The summed E-state index contributed by atoms with van der Waals surface area (Å²) in [5.74, 6) is 0.621. The minimum atomic E-state index is -0.293. The first-order valence-corrected chi connectivity index (χ1v) is 5.09. The van der Waals surface area contributed by atoms with Crippen LogP contribution in [0.4, 0.5) is 0 Å². The van der Waals surface area contributed by atoms with Crippen molar-refractivity contribution in [1.29, 1.82) is 0 Å². The fourth-order valence-electron chi connectivity index (χ4n) is 1.54. The smallest absolute Gasteiger partial charge is 1.00 e. The van der Waals surface area contributed by atoms with Crippen LogP contribution >= 0.6 is 15.9 Å². The number of hydrogen-bond donors (Lipinski definition) is 0. The van der Waals surface area contributed by atoms with Gasteiger partial charge in [0.1, 0.15) is 0 Å². The molecule has 0 saturated carbocycles. The molecule has 1 aliphatic heterocycles. The standard InChI is InChI=1S/C10H10BrNO2.Na.H/c1-10(2)6-12(13)14-9-4-3-7(11)5-8(9)10;;/h3-6H,1-2H3;;/q;+1;-1. The Kier molecular flexibility index (Phi) is 3.87. The van der Waals surface area contributed by atoms with E-state index in [0.29, 0.717) is 10.7 Å². The molecule has 1 aromatic rings. The van der Waals surface area contributed by atoms with Crippen LogP contribution in [0.5, 0.6) is 5.75 Å². The summed E-state index contributed by atoms with van der Waals surface area (Å²) in [5.41, 5.74) is 0.720. The maximum atomic E-state index is 11.2. The largest absolute Gasteiger partial charge is 1.00 e. The summed E-state index contributed by atoms with van der Waals surface area (Å²) >= 11 is 3.40. The Morgan fingerprint density at radius 3 is 2.80 bits per heavy atom. The van der Waals surface area contributed by atoms with Gasteiger partial charge in [-0.3, -0.25) is 5.21 Å². The van der Waals surface area contributed by atoms with Crippen molar-refractivity contribution in [3.05, 3.63) is 33.4 Å². The van der Waals surface area contributed by atoms with Crippen molar-refractivity contribution < 1.29 is 40.7 Å². The topological polar surface area (TPSA) is 35.3 Å². The van der Waals surface area contributed by atoms with Gasteiger partial charge in [-0.1, -0.05) is 15.9 Å². The Morgan fingerprint density at radius 1 is 1.47 bits per heavy atom. The fraction of sp³-hybridized carbons (Fsp3) is 0.300. The normalized spacial score (nSPS) is 16.9. The third-order valence-corrected chi connectivity index (χ3v) is 2.75. The van der Waals surface area contributed by atoms with E-state index in [1.54, 1.807) is 6.07 Å². The van der Waals surface area contributed by atoms with E-state index in [0.717, 1.165) is 10.0 Å². The van der Waals surface area contributed by atoms with Gasteiger partial charge in [0.15, 0.2) is 0 Å². The number of nitrogens with zero attached hydrogens (tertiary/aromatic N) is 1. The maximum Gasteiger partial charge on any atom is 1.00 e. The summed E-state index contributed by atoms with van der Waals surface area (Å²) in [5, 5.41) is 11.2. The van der Waals surface area contributed by atoms with Gasteiger partial charge in [-0.25, -0.2) is 0 Å². The molecule has 0 atom stereocenters. The van der Waals surface area contributed by atoms with E-state index < -0.39 is 0 Å². The molecule has 1 aliphatic rings. The summed E-state index contributed by atoms with van der Waals surface area (Å²) in [6.45, 7) is 3.96. The Labute approximate surface area is 121 Å². The zero-order valence-corrected chi connectivity index (χ0v) is 12.5. The van der Waals surface area contributed by atoms with Gasteiger partial charge in [0.05, 0.1) is 11.2 Å². The van der Waals surface area contributed by atoms with Gasteiger partial charge in [-0.05, 0) is 37.6 Å². The first kappa shape index (κ1) is 13.0. The zero-order chi connectivity index (χ0) is 10.3. The van der Waals surface area contributed by atoms with Gasteiger partial charge in [0.25, 0.3) is 0 Å².